The molecule has 40 heavy (non-hydrogen) atoms. The molecule has 210 valence electrons. The highest BCUT2D eigenvalue weighted by atomic mass is 32.2. The molecule has 1 aromatic carbocycles. The molecule has 3 aromatic heterocycles. The summed E-state index contributed by atoms with van der Waals surface area (Å²) in [5, 5.41) is 5.26. The number of piperazine rings is 1. The van der Waals surface area contributed by atoms with E-state index < -0.39 is 10.0 Å². The number of fused-ring (bicyclic) bond motifs is 1. The van der Waals surface area contributed by atoms with Crippen LogP contribution in [0.5, 0.6) is 0 Å². The Bertz CT molecular complexity index is 1580. The third-order valence-electron chi connectivity index (χ3n) is 7.67. The molecule has 2 saturated heterocycles. The molecule has 0 amide bonds. The van der Waals surface area contributed by atoms with Gasteiger partial charge in [0.2, 0.25) is 16.0 Å². The van der Waals surface area contributed by atoms with Crippen LogP contribution in [0, 0.1) is 0 Å². The summed E-state index contributed by atoms with van der Waals surface area (Å²) in [6, 6.07) is 12.1. The number of nitrogens with zero attached hydrogens (tertiary/aromatic N) is 6. The molecule has 0 unspecified atom stereocenters. The van der Waals surface area contributed by atoms with E-state index in [1.54, 1.807) is 18.3 Å². The number of thiophene rings is 1. The summed E-state index contributed by atoms with van der Waals surface area (Å²) in [5.74, 6) is 1.46. The van der Waals surface area contributed by atoms with Crippen LogP contribution in [0.4, 0.5) is 23.1 Å². The lowest BCUT2D eigenvalue weighted by atomic mass is 10.0. The number of benzene rings is 1. The molecule has 2 fully saturated rings. The van der Waals surface area contributed by atoms with Crippen molar-refractivity contribution in [3.8, 4) is 11.1 Å². The van der Waals surface area contributed by atoms with Crippen LogP contribution in [0.1, 0.15) is 12.8 Å². The van der Waals surface area contributed by atoms with Gasteiger partial charge in [0.1, 0.15) is 5.82 Å². The molecular weight excluding hydrogens is 544 g/mol. The van der Waals surface area contributed by atoms with Gasteiger partial charge in [0.25, 0.3) is 0 Å². The van der Waals surface area contributed by atoms with Gasteiger partial charge in [-0.3, -0.25) is 9.62 Å². The fraction of sp³-hybridized carbons (Fsp3) is 0.393. The van der Waals surface area contributed by atoms with Crippen molar-refractivity contribution >= 4 is 54.7 Å². The smallest absolute Gasteiger partial charge is 0.229 e. The van der Waals surface area contributed by atoms with Crippen molar-refractivity contribution in [3.63, 3.8) is 0 Å². The molecule has 12 heteroatoms. The summed E-state index contributed by atoms with van der Waals surface area (Å²) in [5.41, 5.74) is 3.71. The van der Waals surface area contributed by atoms with Gasteiger partial charge in [0, 0.05) is 61.8 Å². The minimum Gasteiger partial charge on any atom is -0.357 e. The number of likely N-dealkylation sites (N-methyl/N-ethyl adjacent to an activating group) is 1. The van der Waals surface area contributed by atoms with Crippen molar-refractivity contribution in [2.24, 2.45) is 0 Å². The van der Waals surface area contributed by atoms with Gasteiger partial charge in [-0.05, 0) is 38.1 Å². The third-order valence-corrected chi connectivity index (χ3v) is 9.17. The number of pyridine rings is 1. The first-order valence-corrected chi connectivity index (χ1v) is 16.3. The van der Waals surface area contributed by atoms with Gasteiger partial charge in [0.15, 0.2) is 0 Å². The van der Waals surface area contributed by atoms with E-state index in [4.69, 9.17) is 9.97 Å². The van der Waals surface area contributed by atoms with Crippen LogP contribution in [-0.2, 0) is 10.0 Å². The molecule has 2 aliphatic rings. The minimum absolute atomic E-state index is 0.461. The molecule has 0 spiro atoms. The van der Waals surface area contributed by atoms with Gasteiger partial charge in [-0.1, -0.05) is 18.2 Å². The normalized spacial score (nSPS) is 17.8. The highest BCUT2D eigenvalue weighted by Crippen LogP contribution is 2.37. The van der Waals surface area contributed by atoms with Gasteiger partial charge >= 0.3 is 0 Å². The van der Waals surface area contributed by atoms with Crippen LogP contribution in [0.25, 0.3) is 21.3 Å². The quantitative estimate of drug-likeness (QED) is 0.335. The van der Waals surface area contributed by atoms with Crippen LogP contribution in [0.3, 0.4) is 0 Å². The first-order chi connectivity index (χ1) is 19.3. The molecule has 6 rings (SSSR count). The zero-order valence-electron chi connectivity index (χ0n) is 22.7. The number of para-hydroxylation sites is 1. The summed E-state index contributed by atoms with van der Waals surface area (Å²) in [6.45, 7) is 6.71. The van der Waals surface area contributed by atoms with E-state index in [0.29, 0.717) is 17.7 Å². The number of sulfonamides is 1. The standard InChI is InChI=1S/C28H34N8O2S2/c1-34-13-15-35(16-14-34)21-9-11-36(12-10-21)26-8-7-20(17-29-26)31-28-30-18-25-27(32-28)23(19-39-25)22-5-3-4-6-24(22)33-40(2,37)38/h3-8,17-19,21,33H,9-16H2,1-2H3,(H,30,31,32). The van der Waals surface area contributed by atoms with E-state index in [1.165, 1.54) is 37.3 Å². The molecule has 0 radical (unpaired) electrons. The van der Waals surface area contributed by atoms with Crippen molar-refractivity contribution in [2.45, 2.75) is 18.9 Å². The lowest BCUT2D eigenvalue weighted by molar-refractivity contribution is 0.0981. The second-order valence-corrected chi connectivity index (χ2v) is 13.2. The molecule has 0 atom stereocenters. The largest absolute Gasteiger partial charge is 0.357 e. The molecule has 0 aliphatic carbocycles. The predicted octanol–water partition coefficient (Wildman–Crippen LogP) is 4.08. The predicted molar refractivity (Wildman–Crippen MR) is 163 cm³/mol. The summed E-state index contributed by atoms with van der Waals surface area (Å²) in [4.78, 5) is 21.4. The number of aromatic nitrogens is 3. The lowest BCUT2D eigenvalue weighted by Crippen LogP contribution is -2.52. The van der Waals surface area contributed by atoms with E-state index in [0.717, 1.165) is 65.3 Å². The zero-order valence-corrected chi connectivity index (χ0v) is 24.4. The Morgan fingerprint density at radius 2 is 1.70 bits per heavy atom. The Kier molecular flexibility index (Phi) is 7.58. The second kappa shape index (κ2) is 11.3. The Morgan fingerprint density at radius 1 is 0.925 bits per heavy atom. The summed E-state index contributed by atoms with van der Waals surface area (Å²) in [7, 11) is -1.22. The van der Waals surface area contributed by atoms with E-state index in [1.807, 2.05) is 29.8 Å². The average Bonchev–Trinajstić information content (AvgIpc) is 3.37. The molecule has 10 nitrogen and oxygen atoms in total. The average molecular weight is 579 g/mol. The Labute approximate surface area is 239 Å². The van der Waals surface area contributed by atoms with Crippen molar-refractivity contribution in [2.75, 3.05) is 67.5 Å². The van der Waals surface area contributed by atoms with E-state index in [9.17, 15) is 8.42 Å². The van der Waals surface area contributed by atoms with Crippen molar-refractivity contribution in [1.29, 1.82) is 0 Å². The SMILES string of the molecule is CN1CCN(C2CCN(c3ccc(Nc4ncc5scc(-c6ccccc6NS(C)(=O)=O)c5n4)cn3)CC2)CC1. The number of hydrogen-bond acceptors (Lipinski definition) is 10. The topological polar surface area (TPSA) is 107 Å². The maximum atomic E-state index is 11.9. The van der Waals surface area contributed by atoms with Gasteiger partial charge in [0.05, 0.1) is 40.2 Å². The van der Waals surface area contributed by atoms with Crippen molar-refractivity contribution in [1.82, 2.24) is 24.8 Å². The molecule has 0 saturated carbocycles. The Hall–Kier alpha value is -3.32. The summed E-state index contributed by atoms with van der Waals surface area (Å²) in [6.07, 6.45) is 7.11. The number of piperidine rings is 1. The summed E-state index contributed by atoms with van der Waals surface area (Å²) < 4.78 is 27.3. The number of rotatable bonds is 7. The fourth-order valence-corrected chi connectivity index (χ4v) is 6.95. The molecule has 5 heterocycles. The Balaban J connectivity index is 1.14. The van der Waals surface area contributed by atoms with Gasteiger partial charge in [-0.25, -0.2) is 23.4 Å². The first-order valence-electron chi connectivity index (χ1n) is 13.5. The van der Waals surface area contributed by atoms with E-state index >= 15 is 0 Å². The maximum Gasteiger partial charge on any atom is 0.229 e. The first kappa shape index (κ1) is 26.9. The van der Waals surface area contributed by atoms with Gasteiger partial charge in [-0.2, -0.15) is 0 Å². The molecule has 2 aliphatic heterocycles. The molecule has 2 N–H and O–H groups in total. The van der Waals surface area contributed by atoms with Gasteiger partial charge < -0.3 is 15.1 Å². The van der Waals surface area contributed by atoms with E-state index in [2.05, 4.69) is 42.8 Å². The highest BCUT2D eigenvalue weighted by Gasteiger charge is 2.27. The molecular formula is C28H34N8O2S2. The monoisotopic (exact) mass is 578 g/mol. The van der Waals surface area contributed by atoms with Crippen LogP contribution >= 0.6 is 11.3 Å². The third kappa shape index (κ3) is 6.04. The van der Waals surface area contributed by atoms with Crippen LogP contribution in [0.2, 0.25) is 0 Å². The number of anilines is 4. The van der Waals surface area contributed by atoms with E-state index in [-0.39, 0.29) is 0 Å². The lowest BCUT2D eigenvalue weighted by Gasteiger charge is -2.42. The van der Waals surface area contributed by atoms with Crippen molar-refractivity contribution in [3.05, 3.63) is 54.2 Å². The molecule has 0 bridgehead atoms. The maximum absolute atomic E-state index is 11.9. The fourth-order valence-electron chi connectivity index (χ4n) is 5.51. The van der Waals surface area contributed by atoms with Crippen LogP contribution in [0.15, 0.2) is 54.2 Å². The number of hydrogen-bond donors (Lipinski definition) is 2. The van der Waals surface area contributed by atoms with Crippen LogP contribution in [-0.4, -0.2) is 91.8 Å². The minimum atomic E-state index is -3.42. The van der Waals surface area contributed by atoms with Crippen molar-refractivity contribution < 1.29 is 8.42 Å². The number of nitrogens with one attached hydrogen (secondary N) is 2. The van der Waals surface area contributed by atoms with Crippen LogP contribution < -0.4 is 14.9 Å². The zero-order chi connectivity index (χ0) is 27.7. The highest BCUT2D eigenvalue weighted by molar-refractivity contribution is 7.92. The molecule has 4 aromatic rings. The van der Waals surface area contributed by atoms with Gasteiger partial charge in [-0.15, -0.1) is 11.3 Å². The second-order valence-electron chi connectivity index (χ2n) is 10.6. The summed E-state index contributed by atoms with van der Waals surface area (Å²) >= 11 is 1.52. The Morgan fingerprint density at radius 3 is 2.42 bits per heavy atom.